The average molecular weight is 328 g/mol. The molecule has 0 aliphatic carbocycles. The van der Waals surface area contributed by atoms with Gasteiger partial charge in [0.25, 0.3) is 10.0 Å². The van der Waals surface area contributed by atoms with Gasteiger partial charge in [-0.05, 0) is 29.6 Å². The molecule has 0 aliphatic heterocycles. The van der Waals surface area contributed by atoms with Crippen molar-refractivity contribution in [1.29, 1.82) is 0 Å². The predicted molar refractivity (Wildman–Crippen MR) is 83.5 cm³/mol. The summed E-state index contributed by atoms with van der Waals surface area (Å²) in [4.78, 5) is 0.956. The van der Waals surface area contributed by atoms with E-state index in [0.29, 0.717) is 6.54 Å². The average Bonchev–Trinajstić information content (AvgIpc) is 2.85. The molecular weight excluding hydrogens is 311 g/mol. The van der Waals surface area contributed by atoms with E-state index in [1.54, 1.807) is 11.4 Å². The van der Waals surface area contributed by atoms with Gasteiger partial charge in [-0.1, -0.05) is 19.9 Å². The molecule has 0 atom stereocenters. The second-order valence-electron chi connectivity index (χ2n) is 4.86. The van der Waals surface area contributed by atoms with E-state index in [1.807, 2.05) is 13.8 Å². The second-order valence-corrected chi connectivity index (χ2v) is 7.51. The molecule has 1 aromatic carbocycles. The van der Waals surface area contributed by atoms with Gasteiger partial charge >= 0.3 is 0 Å². The van der Waals surface area contributed by atoms with Crippen LogP contribution in [-0.2, 0) is 16.6 Å². The van der Waals surface area contributed by atoms with Crippen LogP contribution in [0.4, 0.5) is 10.1 Å². The Balaban J connectivity index is 2.22. The van der Waals surface area contributed by atoms with Crippen molar-refractivity contribution in [2.24, 2.45) is 0 Å². The molecule has 0 spiro atoms. The molecule has 7 heteroatoms. The number of rotatable bonds is 6. The molecule has 2 aromatic rings. The Morgan fingerprint density at radius 3 is 2.71 bits per heavy atom. The lowest BCUT2D eigenvalue weighted by atomic mass is 10.3. The number of benzene rings is 1. The molecule has 4 nitrogen and oxygen atoms in total. The van der Waals surface area contributed by atoms with Gasteiger partial charge in [0.1, 0.15) is 10.7 Å². The van der Waals surface area contributed by atoms with Crippen LogP contribution in [0.1, 0.15) is 18.7 Å². The van der Waals surface area contributed by atoms with Crippen LogP contribution in [0.5, 0.6) is 0 Å². The predicted octanol–water partition coefficient (Wildman–Crippen LogP) is 3.19. The summed E-state index contributed by atoms with van der Waals surface area (Å²) in [5.74, 6) is -0.484. The number of thiophene rings is 1. The minimum Gasteiger partial charge on any atom is -0.310 e. The van der Waals surface area contributed by atoms with Gasteiger partial charge < -0.3 is 5.32 Å². The highest BCUT2D eigenvalue weighted by Crippen LogP contribution is 2.24. The molecule has 114 valence electrons. The van der Waals surface area contributed by atoms with E-state index in [2.05, 4.69) is 10.0 Å². The lowest BCUT2D eigenvalue weighted by Gasteiger charge is -2.11. The zero-order valence-corrected chi connectivity index (χ0v) is 13.4. The summed E-state index contributed by atoms with van der Waals surface area (Å²) < 4.78 is 40.3. The van der Waals surface area contributed by atoms with Crippen molar-refractivity contribution in [1.82, 2.24) is 5.32 Å². The van der Waals surface area contributed by atoms with Crippen LogP contribution >= 0.6 is 11.3 Å². The van der Waals surface area contributed by atoms with Gasteiger partial charge in [-0.2, -0.15) is 0 Å². The molecule has 0 saturated carbocycles. The third-order valence-corrected chi connectivity index (χ3v) is 5.26. The van der Waals surface area contributed by atoms with E-state index < -0.39 is 15.8 Å². The number of halogens is 1. The maximum absolute atomic E-state index is 13.1. The summed E-state index contributed by atoms with van der Waals surface area (Å²) in [6, 6.07) is 7.21. The molecule has 0 unspecified atom stereocenters. The lowest BCUT2D eigenvalue weighted by Crippen LogP contribution is -2.23. The second kappa shape index (κ2) is 6.55. The minimum absolute atomic E-state index is 0.212. The molecule has 0 saturated heterocycles. The van der Waals surface area contributed by atoms with Crippen LogP contribution in [0.25, 0.3) is 0 Å². The molecule has 0 bridgehead atoms. The van der Waals surface area contributed by atoms with Gasteiger partial charge in [0.05, 0.1) is 5.69 Å². The largest absolute Gasteiger partial charge is 0.310 e. The van der Waals surface area contributed by atoms with Crippen molar-refractivity contribution in [3.8, 4) is 0 Å². The van der Waals surface area contributed by atoms with E-state index in [-0.39, 0.29) is 16.6 Å². The van der Waals surface area contributed by atoms with Crippen molar-refractivity contribution in [3.05, 3.63) is 46.4 Å². The third-order valence-electron chi connectivity index (χ3n) is 2.74. The van der Waals surface area contributed by atoms with E-state index in [0.717, 1.165) is 10.9 Å². The Morgan fingerprint density at radius 1 is 1.29 bits per heavy atom. The number of hydrogen-bond acceptors (Lipinski definition) is 4. The van der Waals surface area contributed by atoms with Gasteiger partial charge in [0, 0.05) is 17.5 Å². The Bertz CT molecular complexity index is 711. The molecule has 0 amide bonds. The number of nitrogens with one attached hydrogen (secondary N) is 2. The monoisotopic (exact) mass is 328 g/mol. The minimum atomic E-state index is -3.71. The molecule has 0 aliphatic rings. The van der Waals surface area contributed by atoms with Crippen molar-refractivity contribution >= 4 is 27.0 Å². The Morgan fingerprint density at radius 2 is 2.05 bits per heavy atom. The first kappa shape index (κ1) is 15.9. The molecule has 0 fully saturated rings. The molecule has 1 heterocycles. The quantitative estimate of drug-likeness (QED) is 0.856. The summed E-state index contributed by atoms with van der Waals surface area (Å²) >= 11 is 1.38. The summed E-state index contributed by atoms with van der Waals surface area (Å²) in [7, 11) is -3.71. The summed E-state index contributed by atoms with van der Waals surface area (Å²) in [5, 5.41) is 4.93. The Kier molecular flexibility index (Phi) is 4.97. The van der Waals surface area contributed by atoms with Crippen LogP contribution in [-0.4, -0.2) is 14.5 Å². The molecule has 1 aromatic heterocycles. The normalized spacial score (nSPS) is 11.8. The first-order chi connectivity index (χ1) is 9.88. The summed E-state index contributed by atoms with van der Waals surface area (Å²) in [5.41, 5.74) is 0.212. The number of hydrogen-bond donors (Lipinski definition) is 2. The van der Waals surface area contributed by atoms with E-state index >= 15 is 0 Å². The molecular formula is C14H17FN2O2S2. The lowest BCUT2D eigenvalue weighted by molar-refractivity contribution is 0.581. The first-order valence-electron chi connectivity index (χ1n) is 6.46. The van der Waals surface area contributed by atoms with Gasteiger partial charge in [-0.3, -0.25) is 4.72 Å². The van der Waals surface area contributed by atoms with Gasteiger partial charge in [0.15, 0.2) is 0 Å². The highest BCUT2D eigenvalue weighted by molar-refractivity contribution is 7.93. The first-order valence-corrected chi connectivity index (χ1v) is 8.83. The van der Waals surface area contributed by atoms with E-state index in [4.69, 9.17) is 0 Å². The van der Waals surface area contributed by atoms with Crippen LogP contribution in [0.15, 0.2) is 40.6 Å². The fourth-order valence-corrected chi connectivity index (χ4v) is 4.20. The van der Waals surface area contributed by atoms with Crippen molar-refractivity contribution in [2.45, 2.75) is 31.3 Å². The van der Waals surface area contributed by atoms with E-state index in [9.17, 15) is 12.8 Å². The summed E-state index contributed by atoms with van der Waals surface area (Å²) in [6.45, 7) is 4.47. The zero-order valence-electron chi connectivity index (χ0n) is 11.8. The van der Waals surface area contributed by atoms with Gasteiger partial charge in [-0.15, -0.1) is 11.3 Å². The van der Waals surface area contributed by atoms with Crippen molar-refractivity contribution < 1.29 is 12.8 Å². The van der Waals surface area contributed by atoms with Crippen LogP contribution in [0, 0.1) is 5.82 Å². The maximum atomic E-state index is 13.1. The SMILES string of the molecule is CC(C)NCc1sccc1S(=O)(=O)Nc1cccc(F)c1. The van der Waals surface area contributed by atoms with Crippen molar-refractivity contribution in [2.75, 3.05) is 4.72 Å². The molecule has 21 heavy (non-hydrogen) atoms. The summed E-state index contributed by atoms with van der Waals surface area (Å²) in [6.07, 6.45) is 0. The van der Waals surface area contributed by atoms with E-state index in [1.165, 1.54) is 29.5 Å². The van der Waals surface area contributed by atoms with Gasteiger partial charge in [0.2, 0.25) is 0 Å². The topological polar surface area (TPSA) is 58.2 Å². The highest BCUT2D eigenvalue weighted by Gasteiger charge is 2.20. The third kappa shape index (κ3) is 4.26. The number of anilines is 1. The Hall–Kier alpha value is -1.44. The number of sulfonamides is 1. The fourth-order valence-electron chi connectivity index (χ4n) is 1.76. The van der Waals surface area contributed by atoms with Crippen LogP contribution in [0.3, 0.4) is 0 Å². The smallest absolute Gasteiger partial charge is 0.263 e. The Labute approximate surface area is 128 Å². The maximum Gasteiger partial charge on any atom is 0.263 e. The fraction of sp³-hybridized carbons (Fsp3) is 0.286. The zero-order chi connectivity index (χ0) is 15.5. The van der Waals surface area contributed by atoms with Crippen LogP contribution in [0.2, 0.25) is 0 Å². The van der Waals surface area contributed by atoms with Gasteiger partial charge in [-0.25, -0.2) is 12.8 Å². The molecule has 2 rings (SSSR count). The van der Waals surface area contributed by atoms with Crippen molar-refractivity contribution in [3.63, 3.8) is 0 Å². The molecule has 2 N–H and O–H groups in total. The standard InChI is InChI=1S/C14H17FN2O2S2/c1-10(2)16-9-13-14(6-7-20-13)21(18,19)17-12-5-3-4-11(15)8-12/h3-8,10,16-17H,9H2,1-2H3. The van der Waals surface area contributed by atoms with Crippen LogP contribution < -0.4 is 10.0 Å². The molecule has 0 radical (unpaired) electrons. The highest BCUT2D eigenvalue weighted by atomic mass is 32.2.